The molecular weight excluding hydrogens is 437 g/mol. The van der Waals surface area contributed by atoms with Gasteiger partial charge in [-0.1, -0.05) is 87.0 Å². The summed E-state index contributed by atoms with van der Waals surface area (Å²) in [7, 11) is 0. The second-order valence-electron chi connectivity index (χ2n) is 7.31. The molecule has 0 saturated carbocycles. The number of halogens is 2. The van der Waals surface area contributed by atoms with E-state index in [0.29, 0.717) is 5.02 Å². The maximum absolute atomic E-state index is 14.3. The van der Waals surface area contributed by atoms with Crippen molar-refractivity contribution in [2.45, 2.75) is 63.2 Å². The minimum Gasteiger partial charge on any atom is -0.371 e. The molecule has 0 radical (unpaired) electrons. The Morgan fingerprint density at radius 2 is 1.50 bits per heavy atom. The summed E-state index contributed by atoms with van der Waals surface area (Å²) in [5.41, 5.74) is 3.34. The first-order chi connectivity index (χ1) is 15.6. The lowest BCUT2D eigenvalue weighted by atomic mass is 9.89. The number of aryl methyl sites for hydroxylation is 1. The Morgan fingerprint density at radius 3 is 2.12 bits per heavy atom. The molecule has 1 aliphatic heterocycles. The zero-order valence-electron chi connectivity index (χ0n) is 19.9. The third-order valence-corrected chi connectivity index (χ3v) is 6.66. The Balaban J connectivity index is 0.000000860. The average Bonchev–Trinajstić information content (AvgIpc) is 2.84. The molecule has 3 aromatic carbocycles. The summed E-state index contributed by atoms with van der Waals surface area (Å²) in [5, 5.41) is 0.459. The molecule has 4 heteroatoms. The van der Waals surface area contributed by atoms with Gasteiger partial charge in [0.15, 0.2) is 0 Å². The number of anilines is 1. The van der Waals surface area contributed by atoms with E-state index >= 15 is 0 Å². The highest BCUT2D eigenvalue weighted by atomic mass is 35.5. The van der Waals surface area contributed by atoms with Gasteiger partial charge in [-0.05, 0) is 67.6 Å². The van der Waals surface area contributed by atoms with Gasteiger partial charge in [0.1, 0.15) is 5.82 Å². The van der Waals surface area contributed by atoms with Gasteiger partial charge >= 0.3 is 0 Å². The van der Waals surface area contributed by atoms with Gasteiger partial charge in [-0.15, -0.1) is 0 Å². The number of rotatable bonds is 4. The molecule has 0 spiro atoms. The van der Waals surface area contributed by atoms with Gasteiger partial charge in [-0.3, -0.25) is 0 Å². The molecule has 0 aromatic heterocycles. The van der Waals surface area contributed by atoms with E-state index in [2.05, 4.69) is 60.4 Å². The van der Waals surface area contributed by atoms with Crippen LogP contribution in [0.3, 0.4) is 0 Å². The molecule has 1 saturated heterocycles. The molecule has 0 unspecified atom stereocenters. The SMILES string of the molecule is CC.CC.Cc1ccc(Sc2ccccc2N2CCC(c3ccc(Cl)cc3F)CC2)cc1. The van der Waals surface area contributed by atoms with Gasteiger partial charge in [0.25, 0.3) is 0 Å². The molecule has 32 heavy (non-hydrogen) atoms. The average molecular weight is 472 g/mol. The molecule has 0 bridgehead atoms. The van der Waals surface area contributed by atoms with Crippen LogP contribution in [-0.2, 0) is 0 Å². The summed E-state index contributed by atoms with van der Waals surface area (Å²) in [6.45, 7) is 12.0. The first-order valence-electron chi connectivity index (χ1n) is 11.6. The van der Waals surface area contributed by atoms with Gasteiger partial charge in [-0.2, -0.15) is 0 Å². The van der Waals surface area contributed by atoms with Gasteiger partial charge in [0, 0.05) is 27.9 Å². The summed E-state index contributed by atoms with van der Waals surface area (Å²) < 4.78 is 14.3. The zero-order valence-corrected chi connectivity index (χ0v) is 21.4. The predicted molar refractivity (Wildman–Crippen MR) is 140 cm³/mol. The summed E-state index contributed by atoms with van der Waals surface area (Å²) in [5.74, 6) is 0.0757. The van der Waals surface area contributed by atoms with Crippen molar-refractivity contribution in [1.82, 2.24) is 0 Å². The largest absolute Gasteiger partial charge is 0.371 e. The van der Waals surface area contributed by atoms with E-state index in [0.717, 1.165) is 31.5 Å². The van der Waals surface area contributed by atoms with Crippen LogP contribution in [0.2, 0.25) is 5.02 Å². The minimum absolute atomic E-state index is 0.179. The van der Waals surface area contributed by atoms with E-state index in [1.165, 1.54) is 27.1 Å². The van der Waals surface area contributed by atoms with Crippen molar-refractivity contribution in [2.24, 2.45) is 0 Å². The summed E-state index contributed by atoms with van der Waals surface area (Å²) in [6.07, 6.45) is 1.89. The number of para-hydroxylation sites is 1. The van der Waals surface area contributed by atoms with Crippen LogP contribution < -0.4 is 4.90 Å². The van der Waals surface area contributed by atoms with E-state index in [9.17, 15) is 4.39 Å². The molecule has 1 nitrogen and oxygen atoms in total. The molecule has 0 aliphatic carbocycles. The third kappa shape index (κ3) is 7.02. The summed E-state index contributed by atoms with van der Waals surface area (Å²) in [6, 6.07) is 22.3. The Morgan fingerprint density at radius 1 is 0.875 bits per heavy atom. The van der Waals surface area contributed by atoms with Crippen LogP contribution in [0, 0.1) is 12.7 Å². The summed E-state index contributed by atoms with van der Waals surface area (Å²) in [4.78, 5) is 4.94. The molecule has 0 N–H and O–H groups in total. The number of hydrogen-bond donors (Lipinski definition) is 0. The molecule has 0 amide bonds. The van der Waals surface area contributed by atoms with E-state index in [4.69, 9.17) is 11.6 Å². The van der Waals surface area contributed by atoms with Crippen molar-refractivity contribution in [2.75, 3.05) is 18.0 Å². The quantitative estimate of drug-likeness (QED) is 0.372. The maximum atomic E-state index is 14.3. The Kier molecular flexibility index (Phi) is 11.1. The summed E-state index contributed by atoms with van der Waals surface area (Å²) >= 11 is 7.70. The first-order valence-corrected chi connectivity index (χ1v) is 12.8. The number of nitrogens with zero attached hydrogens (tertiary/aromatic N) is 1. The fourth-order valence-corrected chi connectivity index (χ4v) is 4.94. The van der Waals surface area contributed by atoms with Gasteiger partial charge < -0.3 is 4.90 Å². The normalized spacial score (nSPS) is 13.5. The van der Waals surface area contributed by atoms with Crippen molar-refractivity contribution in [3.8, 4) is 0 Å². The molecule has 3 aromatic rings. The molecule has 1 aliphatic rings. The molecule has 0 atom stereocenters. The fraction of sp³-hybridized carbons (Fsp3) is 0.357. The Labute approximate surface area is 203 Å². The number of hydrogen-bond acceptors (Lipinski definition) is 2. The Hall–Kier alpha value is -1.97. The van der Waals surface area contributed by atoms with Crippen LogP contribution in [0.15, 0.2) is 76.5 Å². The van der Waals surface area contributed by atoms with Gasteiger partial charge in [-0.25, -0.2) is 4.39 Å². The maximum Gasteiger partial charge on any atom is 0.128 e. The predicted octanol–water partition coefficient (Wildman–Crippen LogP) is 9.38. The van der Waals surface area contributed by atoms with Crippen molar-refractivity contribution < 1.29 is 4.39 Å². The van der Waals surface area contributed by atoms with Crippen molar-refractivity contribution in [3.05, 3.63) is 88.7 Å². The van der Waals surface area contributed by atoms with Crippen molar-refractivity contribution in [3.63, 3.8) is 0 Å². The van der Waals surface area contributed by atoms with Gasteiger partial charge in [0.05, 0.1) is 5.69 Å². The Bertz CT molecular complexity index is 950. The van der Waals surface area contributed by atoms with E-state index in [1.54, 1.807) is 17.8 Å². The molecule has 1 heterocycles. The smallest absolute Gasteiger partial charge is 0.128 e. The number of piperidine rings is 1. The lowest BCUT2D eigenvalue weighted by molar-refractivity contribution is 0.481. The van der Waals surface area contributed by atoms with Crippen LogP contribution in [0.5, 0.6) is 0 Å². The lowest BCUT2D eigenvalue weighted by Gasteiger charge is -2.35. The molecular formula is C28H35ClFNS. The monoisotopic (exact) mass is 471 g/mol. The van der Waals surface area contributed by atoms with E-state index < -0.39 is 0 Å². The highest BCUT2D eigenvalue weighted by molar-refractivity contribution is 7.99. The first kappa shape index (κ1) is 26.3. The highest BCUT2D eigenvalue weighted by Gasteiger charge is 2.24. The highest BCUT2D eigenvalue weighted by Crippen LogP contribution is 2.38. The van der Waals surface area contributed by atoms with Crippen LogP contribution >= 0.6 is 23.4 Å². The number of benzene rings is 3. The van der Waals surface area contributed by atoms with Crippen LogP contribution in [0.4, 0.5) is 10.1 Å². The topological polar surface area (TPSA) is 3.24 Å². The van der Waals surface area contributed by atoms with E-state index in [1.807, 2.05) is 33.8 Å². The molecule has 172 valence electrons. The molecule has 1 fully saturated rings. The zero-order chi connectivity index (χ0) is 23.5. The second kappa shape index (κ2) is 13.5. The van der Waals surface area contributed by atoms with E-state index in [-0.39, 0.29) is 11.7 Å². The fourth-order valence-electron chi connectivity index (χ4n) is 3.80. The van der Waals surface area contributed by atoms with Gasteiger partial charge in [0.2, 0.25) is 0 Å². The third-order valence-electron chi connectivity index (χ3n) is 5.35. The second-order valence-corrected chi connectivity index (χ2v) is 8.86. The standard InChI is InChI=1S/C24H23ClFNS.2C2H6/c1-17-6-9-20(10-7-17)28-24-5-3-2-4-23(24)27-14-12-18(13-15-27)21-11-8-19(25)16-22(21)26;2*1-2/h2-11,16,18H,12-15H2,1H3;2*1-2H3. The van der Waals surface area contributed by atoms with Crippen LogP contribution in [-0.4, -0.2) is 13.1 Å². The molecule has 4 rings (SSSR count). The van der Waals surface area contributed by atoms with Crippen LogP contribution in [0.1, 0.15) is 57.6 Å². The minimum atomic E-state index is -0.179. The van der Waals surface area contributed by atoms with Crippen LogP contribution in [0.25, 0.3) is 0 Å². The van der Waals surface area contributed by atoms with Crippen molar-refractivity contribution in [1.29, 1.82) is 0 Å². The lowest BCUT2D eigenvalue weighted by Crippen LogP contribution is -2.33. The van der Waals surface area contributed by atoms with Crippen molar-refractivity contribution >= 4 is 29.1 Å².